The van der Waals surface area contributed by atoms with Crippen molar-refractivity contribution < 1.29 is 0 Å². The predicted octanol–water partition coefficient (Wildman–Crippen LogP) is 1.81. The average molecular weight is 230 g/mol. The zero-order valence-corrected chi connectivity index (χ0v) is 8.39. The minimum atomic E-state index is 0.730. The van der Waals surface area contributed by atoms with Crippen LogP contribution in [0.15, 0.2) is 10.8 Å². The van der Waals surface area contributed by atoms with E-state index in [1.54, 1.807) is 6.20 Å². The van der Waals surface area contributed by atoms with Gasteiger partial charge in [0.05, 0.1) is 12.7 Å². The van der Waals surface area contributed by atoms with Crippen molar-refractivity contribution in [2.75, 3.05) is 0 Å². The third kappa shape index (κ3) is 1.87. The third-order valence-electron chi connectivity index (χ3n) is 2.26. The number of H-pyrrole nitrogens is 1. The Labute approximate surface area is 80.1 Å². The van der Waals surface area contributed by atoms with Crippen molar-refractivity contribution in [1.29, 1.82) is 0 Å². The van der Waals surface area contributed by atoms with Gasteiger partial charge in [0.1, 0.15) is 10.4 Å². The molecule has 0 aromatic carbocycles. The van der Waals surface area contributed by atoms with Crippen LogP contribution in [0.2, 0.25) is 0 Å². The summed E-state index contributed by atoms with van der Waals surface area (Å²) >= 11 is 3.32. The predicted molar refractivity (Wildman–Crippen MR) is 50.8 cm³/mol. The molecular formula is C8H12BrN3. The maximum atomic E-state index is 4.18. The number of rotatable bonds is 3. The van der Waals surface area contributed by atoms with Gasteiger partial charge in [0, 0.05) is 6.04 Å². The zero-order chi connectivity index (χ0) is 8.39. The highest BCUT2D eigenvalue weighted by Gasteiger charge is 2.16. The molecule has 1 aliphatic rings. The SMILES string of the molecule is Brc1cnc(CNC2CCC2)[nH]1. The van der Waals surface area contributed by atoms with Crippen LogP contribution in [-0.2, 0) is 6.54 Å². The Morgan fingerprint density at radius 1 is 1.67 bits per heavy atom. The first-order chi connectivity index (χ1) is 5.84. The molecule has 2 N–H and O–H groups in total. The molecule has 1 heterocycles. The molecule has 0 amide bonds. The average Bonchev–Trinajstić information content (AvgIpc) is 2.32. The number of imidazole rings is 1. The Bertz CT molecular complexity index is 255. The molecule has 0 bridgehead atoms. The summed E-state index contributed by atoms with van der Waals surface area (Å²) in [5.74, 6) is 1.01. The lowest BCUT2D eigenvalue weighted by Gasteiger charge is -2.25. The first-order valence-electron chi connectivity index (χ1n) is 4.27. The maximum Gasteiger partial charge on any atom is 0.120 e. The van der Waals surface area contributed by atoms with Crippen molar-refractivity contribution in [1.82, 2.24) is 15.3 Å². The fourth-order valence-corrected chi connectivity index (χ4v) is 1.61. The second kappa shape index (κ2) is 3.58. The summed E-state index contributed by atoms with van der Waals surface area (Å²) < 4.78 is 0.952. The van der Waals surface area contributed by atoms with Crippen LogP contribution in [-0.4, -0.2) is 16.0 Å². The van der Waals surface area contributed by atoms with E-state index < -0.39 is 0 Å². The Kier molecular flexibility index (Phi) is 2.46. The van der Waals surface area contributed by atoms with Gasteiger partial charge in [-0.2, -0.15) is 0 Å². The number of halogens is 1. The van der Waals surface area contributed by atoms with Crippen LogP contribution in [0.1, 0.15) is 25.1 Å². The van der Waals surface area contributed by atoms with E-state index in [0.717, 1.165) is 23.0 Å². The normalized spacial score (nSPS) is 17.8. The molecule has 1 aromatic rings. The lowest BCUT2D eigenvalue weighted by Crippen LogP contribution is -2.34. The van der Waals surface area contributed by atoms with Gasteiger partial charge in [-0.15, -0.1) is 0 Å². The van der Waals surface area contributed by atoms with Crippen LogP contribution >= 0.6 is 15.9 Å². The molecule has 0 saturated heterocycles. The van der Waals surface area contributed by atoms with Crippen molar-refractivity contribution in [2.45, 2.75) is 31.8 Å². The van der Waals surface area contributed by atoms with E-state index in [2.05, 4.69) is 31.2 Å². The highest BCUT2D eigenvalue weighted by atomic mass is 79.9. The number of nitrogens with zero attached hydrogens (tertiary/aromatic N) is 1. The summed E-state index contributed by atoms with van der Waals surface area (Å²) in [4.78, 5) is 7.30. The minimum absolute atomic E-state index is 0.730. The second-order valence-corrected chi connectivity index (χ2v) is 4.04. The van der Waals surface area contributed by atoms with Crippen LogP contribution in [0.25, 0.3) is 0 Å². The van der Waals surface area contributed by atoms with E-state index in [1.807, 2.05) is 0 Å². The van der Waals surface area contributed by atoms with Crippen molar-refractivity contribution in [3.05, 3.63) is 16.6 Å². The topological polar surface area (TPSA) is 40.7 Å². The fraction of sp³-hybridized carbons (Fsp3) is 0.625. The maximum absolute atomic E-state index is 4.18. The molecule has 2 rings (SSSR count). The van der Waals surface area contributed by atoms with Crippen molar-refractivity contribution >= 4 is 15.9 Å². The largest absolute Gasteiger partial charge is 0.336 e. The van der Waals surface area contributed by atoms with E-state index in [0.29, 0.717) is 0 Å². The summed E-state index contributed by atoms with van der Waals surface area (Å²) in [6, 6.07) is 0.730. The minimum Gasteiger partial charge on any atom is -0.336 e. The summed E-state index contributed by atoms with van der Waals surface area (Å²) in [5, 5.41) is 3.43. The molecule has 66 valence electrons. The summed E-state index contributed by atoms with van der Waals surface area (Å²) in [6.07, 6.45) is 5.81. The monoisotopic (exact) mass is 229 g/mol. The lowest BCUT2D eigenvalue weighted by atomic mass is 9.93. The number of aromatic nitrogens is 2. The van der Waals surface area contributed by atoms with Crippen LogP contribution in [0.5, 0.6) is 0 Å². The van der Waals surface area contributed by atoms with Crippen molar-refractivity contribution in [3.8, 4) is 0 Å². The molecule has 4 heteroatoms. The molecule has 0 unspecified atom stereocenters. The Morgan fingerprint density at radius 2 is 2.50 bits per heavy atom. The van der Waals surface area contributed by atoms with E-state index in [1.165, 1.54) is 19.3 Å². The lowest BCUT2D eigenvalue weighted by molar-refractivity contribution is 0.335. The molecule has 3 nitrogen and oxygen atoms in total. The van der Waals surface area contributed by atoms with Gasteiger partial charge in [-0.1, -0.05) is 6.42 Å². The number of nitrogens with one attached hydrogen (secondary N) is 2. The van der Waals surface area contributed by atoms with E-state index in [4.69, 9.17) is 0 Å². The molecule has 0 aliphatic heterocycles. The molecule has 1 aromatic heterocycles. The van der Waals surface area contributed by atoms with Gasteiger partial charge in [-0.25, -0.2) is 4.98 Å². The molecule has 1 fully saturated rings. The van der Waals surface area contributed by atoms with Crippen molar-refractivity contribution in [2.24, 2.45) is 0 Å². The van der Waals surface area contributed by atoms with Gasteiger partial charge in [0.25, 0.3) is 0 Å². The number of aromatic amines is 1. The van der Waals surface area contributed by atoms with Gasteiger partial charge >= 0.3 is 0 Å². The third-order valence-corrected chi connectivity index (χ3v) is 2.66. The van der Waals surface area contributed by atoms with Crippen LogP contribution < -0.4 is 5.32 Å². The highest BCUT2D eigenvalue weighted by molar-refractivity contribution is 9.10. The summed E-state index contributed by atoms with van der Waals surface area (Å²) in [7, 11) is 0. The van der Waals surface area contributed by atoms with Gasteiger partial charge in [-0.05, 0) is 28.8 Å². The van der Waals surface area contributed by atoms with E-state index in [9.17, 15) is 0 Å². The highest BCUT2D eigenvalue weighted by Crippen LogP contribution is 2.18. The van der Waals surface area contributed by atoms with Crippen LogP contribution in [0.3, 0.4) is 0 Å². The van der Waals surface area contributed by atoms with Gasteiger partial charge < -0.3 is 10.3 Å². The first kappa shape index (κ1) is 8.26. The Balaban J connectivity index is 1.79. The Morgan fingerprint density at radius 3 is 3.00 bits per heavy atom. The summed E-state index contributed by atoms with van der Waals surface area (Å²) in [6.45, 7) is 0.857. The molecule has 1 aliphatic carbocycles. The van der Waals surface area contributed by atoms with E-state index in [-0.39, 0.29) is 0 Å². The number of hydrogen-bond acceptors (Lipinski definition) is 2. The summed E-state index contributed by atoms with van der Waals surface area (Å²) in [5.41, 5.74) is 0. The molecule has 1 saturated carbocycles. The zero-order valence-electron chi connectivity index (χ0n) is 6.81. The van der Waals surface area contributed by atoms with Gasteiger partial charge in [0.2, 0.25) is 0 Å². The van der Waals surface area contributed by atoms with Gasteiger partial charge in [-0.3, -0.25) is 0 Å². The standard InChI is InChI=1S/C8H12BrN3/c9-7-4-11-8(12-7)5-10-6-2-1-3-6/h4,6,10H,1-3,5H2,(H,11,12). The van der Waals surface area contributed by atoms with Crippen molar-refractivity contribution in [3.63, 3.8) is 0 Å². The first-order valence-corrected chi connectivity index (χ1v) is 5.06. The molecule has 12 heavy (non-hydrogen) atoms. The molecule has 0 atom stereocenters. The van der Waals surface area contributed by atoms with Gasteiger partial charge in [0.15, 0.2) is 0 Å². The number of hydrogen-bond donors (Lipinski definition) is 2. The molecule has 0 radical (unpaired) electrons. The molecular weight excluding hydrogens is 218 g/mol. The Hall–Kier alpha value is -0.350. The van der Waals surface area contributed by atoms with E-state index >= 15 is 0 Å². The molecule has 0 spiro atoms. The van der Waals surface area contributed by atoms with Crippen LogP contribution in [0.4, 0.5) is 0 Å². The quantitative estimate of drug-likeness (QED) is 0.831. The second-order valence-electron chi connectivity index (χ2n) is 3.19. The fourth-order valence-electron chi connectivity index (χ4n) is 1.28. The van der Waals surface area contributed by atoms with Crippen LogP contribution in [0, 0.1) is 0 Å². The smallest absolute Gasteiger partial charge is 0.120 e.